The first-order valence-corrected chi connectivity index (χ1v) is 4.67. The third kappa shape index (κ3) is 2.12. The van der Waals surface area contributed by atoms with Crippen LogP contribution in [-0.2, 0) is 4.79 Å². The van der Waals surface area contributed by atoms with Gasteiger partial charge in [0, 0.05) is 0 Å². The van der Waals surface area contributed by atoms with E-state index in [1.165, 1.54) is 11.8 Å². The van der Waals surface area contributed by atoms with Gasteiger partial charge in [0.1, 0.15) is 0 Å². The highest BCUT2D eigenvalue weighted by atomic mass is 79.9. The molecule has 0 N–H and O–H groups in total. The quantitative estimate of drug-likeness (QED) is 0.566. The Morgan fingerprint density at radius 1 is 1.67 bits per heavy atom. The molecule has 1 aromatic rings. The molecule has 0 spiro atoms. The van der Waals surface area contributed by atoms with Gasteiger partial charge in [-0.2, -0.15) is 0 Å². The number of carbonyl (C=O) groups excluding carboxylic acids is 1. The number of rotatable bonds is 2. The summed E-state index contributed by atoms with van der Waals surface area (Å²) in [5, 5.41) is 0. The van der Waals surface area contributed by atoms with Crippen LogP contribution >= 0.6 is 39.0 Å². The van der Waals surface area contributed by atoms with Gasteiger partial charge in [0.2, 0.25) is 0 Å². The van der Waals surface area contributed by atoms with Crippen molar-refractivity contribution in [1.82, 2.24) is 0 Å². The van der Waals surface area contributed by atoms with Crippen molar-refractivity contribution in [3.63, 3.8) is 0 Å². The molecule has 0 radical (unpaired) electrons. The van der Waals surface area contributed by atoms with Gasteiger partial charge in [0.15, 0.2) is 5.62 Å². The van der Waals surface area contributed by atoms with Crippen molar-refractivity contribution in [2.45, 2.75) is 4.21 Å². The van der Waals surface area contributed by atoms with Crippen LogP contribution in [0.1, 0.15) is 0 Å². The van der Waals surface area contributed by atoms with E-state index in [-0.39, 0.29) is 0 Å². The predicted octanol–water partition coefficient (Wildman–Crippen LogP) is 2.79. The van der Waals surface area contributed by atoms with E-state index < -0.39 is 0 Å². The molecule has 0 fully saturated rings. The maximum absolute atomic E-state index is 9.94. The highest BCUT2D eigenvalue weighted by Crippen LogP contribution is 2.28. The number of carbonyl (C=O) groups is 1. The van der Waals surface area contributed by atoms with Crippen LogP contribution in [-0.4, -0.2) is 5.62 Å². The molecule has 9 heavy (non-hydrogen) atoms. The summed E-state index contributed by atoms with van der Waals surface area (Å²) in [5.41, 5.74) is 0.832. The molecule has 1 rings (SSSR count). The van der Waals surface area contributed by atoms with Crippen LogP contribution < -0.4 is 0 Å². The summed E-state index contributed by atoms with van der Waals surface area (Å²) in [7, 11) is 0. The zero-order chi connectivity index (χ0) is 6.69. The van der Waals surface area contributed by atoms with E-state index in [2.05, 4.69) is 15.9 Å². The Morgan fingerprint density at radius 3 is 2.89 bits per heavy atom. The summed E-state index contributed by atoms with van der Waals surface area (Å²) in [6, 6.07) is 3.84. The Balaban J connectivity index is 2.72. The standard InChI is InChI=1S/C5H3BrOS2/c6-4-1-2-5(9-4)8-3-7/h1-3H. The Bertz CT molecular complexity index is 208. The van der Waals surface area contributed by atoms with E-state index in [0.717, 1.165) is 13.6 Å². The molecule has 0 saturated heterocycles. The van der Waals surface area contributed by atoms with Crippen LogP contribution in [0.2, 0.25) is 0 Å². The lowest BCUT2D eigenvalue weighted by atomic mass is 10.7. The largest absolute Gasteiger partial charge is 0.291 e. The van der Waals surface area contributed by atoms with Crippen molar-refractivity contribution in [2.24, 2.45) is 0 Å². The van der Waals surface area contributed by atoms with Crippen LogP contribution in [0.25, 0.3) is 0 Å². The molecule has 0 atom stereocenters. The molecular formula is C5H3BrOS2. The summed E-state index contributed by atoms with van der Waals surface area (Å²) in [6.07, 6.45) is 0. The van der Waals surface area contributed by atoms with Gasteiger partial charge in [-0.3, -0.25) is 4.79 Å². The van der Waals surface area contributed by atoms with Gasteiger partial charge in [0.25, 0.3) is 0 Å². The summed E-state index contributed by atoms with van der Waals surface area (Å²) in [4.78, 5) is 9.94. The van der Waals surface area contributed by atoms with E-state index in [4.69, 9.17) is 0 Å². The third-order valence-corrected chi connectivity index (χ3v) is 3.13. The predicted molar refractivity (Wildman–Crippen MR) is 44.6 cm³/mol. The number of hydrogen-bond donors (Lipinski definition) is 0. The fourth-order valence-corrected chi connectivity index (χ4v) is 2.67. The SMILES string of the molecule is O=CSc1ccc(Br)s1. The number of hydrogen-bond acceptors (Lipinski definition) is 3. The molecule has 0 bridgehead atoms. The van der Waals surface area contributed by atoms with Crippen molar-refractivity contribution in [2.75, 3.05) is 0 Å². The molecule has 48 valence electrons. The fourth-order valence-electron chi connectivity index (χ4n) is 0.408. The van der Waals surface area contributed by atoms with Gasteiger partial charge in [-0.1, -0.05) is 0 Å². The maximum atomic E-state index is 9.94. The second-order valence-electron chi connectivity index (χ2n) is 1.27. The molecule has 1 heterocycles. The zero-order valence-corrected chi connectivity index (χ0v) is 7.55. The first kappa shape index (κ1) is 7.31. The first-order chi connectivity index (χ1) is 4.33. The van der Waals surface area contributed by atoms with Crippen LogP contribution in [0.5, 0.6) is 0 Å². The lowest BCUT2D eigenvalue weighted by Crippen LogP contribution is -1.54. The monoisotopic (exact) mass is 222 g/mol. The summed E-state index contributed by atoms with van der Waals surface area (Å²) in [5.74, 6) is 0. The van der Waals surface area contributed by atoms with Gasteiger partial charge in [-0.05, 0) is 39.8 Å². The summed E-state index contributed by atoms with van der Waals surface area (Å²) < 4.78 is 2.09. The molecule has 0 aliphatic heterocycles. The third-order valence-electron chi connectivity index (χ3n) is 0.713. The van der Waals surface area contributed by atoms with E-state index in [1.54, 1.807) is 11.3 Å². The number of thioether (sulfide) groups is 1. The lowest BCUT2D eigenvalue weighted by Gasteiger charge is -1.78. The molecule has 0 aliphatic carbocycles. The smallest absolute Gasteiger partial charge is 0.181 e. The van der Waals surface area contributed by atoms with Gasteiger partial charge in [-0.25, -0.2) is 0 Å². The van der Waals surface area contributed by atoms with Crippen molar-refractivity contribution in [3.8, 4) is 0 Å². The lowest BCUT2D eigenvalue weighted by molar-refractivity contribution is 0.570. The molecule has 0 aliphatic rings. The van der Waals surface area contributed by atoms with Crippen LogP contribution in [0, 0.1) is 0 Å². The molecule has 4 heteroatoms. The Morgan fingerprint density at radius 2 is 2.44 bits per heavy atom. The second-order valence-corrected chi connectivity index (χ2v) is 4.86. The average Bonchev–Trinajstić information content (AvgIpc) is 2.17. The minimum Gasteiger partial charge on any atom is -0.291 e. The molecule has 1 aromatic heterocycles. The van der Waals surface area contributed by atoms with Gasteiger partial charge in [0.05, 0.1) is 8.00 Å². The van der Waals surface area contributed by atoms with Gasteiger partial charge < -0.3 is 0 Å². The fraction of sp³-hybridized carbons (Fsp3) is 0. The van der Waals surface area contributed by atoms with Crippen LogP contribution in [0.4, 0.5) is 0 Å². The normalized spacial score (nSPS) is 9.44. The van der Waals surface area contributed by atoms with Crippen molar-refractivity contribution >= 4 is 44.6 Å². The summed E-state index contributed by atoms with van der Waals surface area (Å²) in [6.45, 7) is 0. The number of halogens is 1. The second kappa shape index (κ2) is 3.39. The van der Waals surface area contributed by atoms with Gasteiger partial charge >= 0.3 is 0 Å². The maximum Gasteiger partial charge on any atom is 0.181 e. The van der Waals surface area contributed by atoms with Crippen molar-refractivity contribution < 1.29 is 4.79 Å². The molecule has 0 amide bonds. The minimum absolute atomic E-state index is 0.832. The number of thiophene rings is 1. The molecule has 0 aromatic carbocycles. The van der Waals surface area contributed by atoms with E-state index >= 15 is 0 Å². The summed E-state index contributed by atoms with van der Waals surface area (Å²) >= 11 is 6.06. The molecule has 0 saturated carbocycles. The zero-order valence-electron chi connectivity index (χ0n) is 4.33. The van der Waals surface area contributed by atoms with E-state index in [0.29, 0.717) is 0 Å². The molecular weight excluding hydrogens is 220 g/mol. The topological polar surface area (TPSA) is 17.1 Å². The van der Waals surface area contributed by atoms with Crippen molar-refractivity contribution in [1.29, 1.82) is 0 Å². The highest BCUT2D eigenvalue weighted by Gasteiger charge is 1.94. The Hall–Kier alpha value is 0.200. The highest BCUT2D eigenvalue weighted by molar-refractivity contribution is 9.11. The first-order valence-electron chi connectivity index (χ1n) is 2.18. The molecule has 1 nitrogen and oxygen atoms in total. The van der Waals surface area contributed by atoms with E-state index in [1.807, 2.05) is 12.1 Å². The van der Waals surface area contributed by atoms with Crippen molar-refractivity contribution in [3.05, 3.63) is 15.9 Å². The minimum atomic E-state index is 0.832. The van der Waals surface area contributed by atoms with Crippen LogP contribution in [0.3, 0.4) is 0 Å². The Labute approximate surface area is 69.6 Å². The van der Waals surface area contributed by atoms with Gasteiger partial charge in [-0.15, -0.1) is 11.3 Å². The Kier molecular flexibility index (Phi) is 2.75. The molecule has 0 unspecified atom stereocenters. The van der Waals surface area contributed by atoms with E-state index in [9.17, 15) is 4.79 Å². The van der Waals surface area contributed by atoms with Crippen LogP contribution in [0.15, 0.2) is 20.1 Å². The average molecular weight is 223 g/mol.